The highest BCUT2D eigenvalue weighted by Crippen LogP contribution is 2.36. The van der Waals surface area contributed by atoms with Crippen LogP contribution in [0.5, 0.6) is 0 Å². The van der Waals surface area contributed by atoms with E-state index >= 15 is 0 Å². The number of hydrogen-bond acceptors (Lipinski definition) is 2. The summed E-state index contributed by atoms with van der Waals surface area (Å²) in [6.45, 7) is 3.68. The Balaban J connectivity index is 1.74. The van der Waals surface area contributed by atoms with E-state index in [0.29, 0.717) is 16.6 Å². The van der Waals surface area contributed by atoms with Gasteiger partial charge in [-0.2, -0.15) is 0 Å². The van der Waals surface area contributed by atoms with E-state index in [2.05, 4.69) is 4.98 Å². The molecule has 1 aliphatic carbocycles. The van der Waals surface area contributed by atoms with Gasteiger partial charge >= 0.3 is 0 Å². The number of fused-ring (bicyclic) bond motifs is 1. The van der Waals surface area contributed by atoms with Crippen molar-refractivity contribution >= 4 is 17.5 Å². The highest BCUT2D eigenvalue weighted by molar-refractivity contribution is 6.29. The standard InChI is InChI=1S/C16H21ClN2O/c1-11-8-14(9-15(17)18-11)16(20)19-7-6-12-4-2-3-5-13(12)10-19/h8-9,12-13H,2-7,10H2,1H3. The fraction of sp³-hybridized carbons (Fsp3) is 0.625. The van der Waals surface area contributed by atoms with Crippen LogP contribution in [0.3, 0.4) is 0 Å². The SMILES string of the molecule is Cc1cc(C(=O)N2CCC3CCCCC3C2)cc(Cl)n1. The number of likely N-dealkylation sites (tertiary alicyclic amines) is 1. The van der Waals surface area contributed by atoms with Gasteiger partial charge in [-0.25, -0.2) is 4.98 Å². The molecule has 1 saturated heterocycles. The number of hydrogen-bond donors (Lipinski definition) is 0. The Bertz CT molecular complexity index is 497. The van der Waals surface area contributed by atoms with Gasteiger partial charge in [-0.05, 0) is 43.7 Å². The molecule has 4 heteroatoms. The van der Waals surface area contributed by atoms with Crippen molar-refractivity contribution in [2.45, 2.75) is 39.0 Å². The Morgan fingerprint density at radius 1 is 1.25 bits per heavy atom. The van der Waals surface area contributed by atoms with Crippen molar-refractivity contribution in [2.24, 2.45) is 11.8 Å². The van der Waals surface area contributed by atoms with Crippen molar-refractivity contribution < 1.29 is 4.79 Å². The summed E-state index contributed by atoms with van der Waals surface area (Å²) in [6.07, 6.45) is 6.49. The van der Waals surface area contributed by atoms with Crippen LogP contribution in [0.4, 0.5) is 0 Å². The number of rotatable bonds is 1. The molecule has 0 N–H and O–H groups in total. The first kappa shape index (κ1) is 13.9. The van der Waals surface area contributed by atoms with Crippen LogP contribution in [0.15, 0.2) is 12.1 Å². The molecule has 2 unspecified atom stereocenters. The minimum Gasteiger partial charge on any atom is -0.338 e. The zero-order chi connectivity index (χ0) is 14.1. The number of carbonyl (C=O) groups excluding carboxylic acids is 1. The highest BCUT2D eigenvalue weighted by Gasteiger charge is 2.33. The van der Waals surface area contributed by atoms with Crippen LogP contribution in [0.25, 0.3) is 0 Å². The topological polar surface area (TPSA) is 33.2 Å². The highest BCUT2D eigenvalue weighted by atomic mass is 35.5. The molecule has 0 bridgehead atoms. The molecule has 0 radical (unpaired) electrons. The summed E-state index contributed by atoms with van der Waals surface area (Å²) in [5, 5.41) is 0.404. The summed E-state index contributed by atoms with van der Waals surface area (Å²) >= 11 is 5.96. The Kier molecular flexibility index (Phi) is 3.97. The van der Waals surface area contributed by atoms with Gasteiger partial charge in [0.1, 0.15) is 5.15 Å². The molecule has 2 atom stereocenters. The summed E-state index contributed by atoms with van der Waals surface area (Å²) in [4.78, 5) is 18.8. The van der Waals surface area contributed by atoms with E-state index in [9.17, 15) is 4.79 Å². The lowest BCUT2D eigenvalue weighted by Gasteiger charge is -2.41. The number of aryl methyl sites for hydroxylation is 1. The predicted octanol–water partition coefficient (Wildman–Crippen LogP) is 3.70. The molecule has 1 aromatic rings. The van der Waals surface area contributed by atoms with Gasteiger partial charge in [0.15, 0.2) is 0 Å². The van der Waals surface area contributed by atoms with E-state index in [-0.39, 0.29) is 5.91 Å². The Labute approximate surface area is 125 Å². The average Bonchev–Trinajstić information content (AvgIpc) is 2.45. The fourth-order valence-electron chi connectivity index (χ4n) is 3.72. The third-order valence-electron chi connectivity index (χ3n) is 4.75. The Morgan fingerprint density at radius 3 is 2.75 bits per heavy atom. The molecule has 1 amide bonds. The monoisotopic (exact) mass is 292 g/mol. The molecule has 3 nitrogen and oxygen atoms in total. The summed E-state index contributed by atoms with van der Waals surface area (Å²) in [6, 6.07) is 3.52. The maximum atomic E-state index is 12.6. The molecular formula is C16H21ClN2O. The van der Waals surface area contributed by atoms with Crippen LogP contribution in [0.2, 0.25) is 5.15 Å². The molecule has 1 aromatic heterocycles. The number of halogens is 1. The van der Waals surface area contributed by atoms with Crippen molar-refractivity contribution in [3.63, 3.8) is 0 Å². The number of pyridine rings is 1. The lowest BCUT2D eigenvalue weighted by molar-refractivity contribution is 0.0520. The predicted molar refractivity (Wildman–Crippen MR) is 80.0 cm³/mol. The van der Waals surface area contributed by atoms with Crippen LogP contribution in [-0.4, -0.2) is 28.9 Å². The van der Waals surface area contributed by atoms with Crippen LogP contribution in [-0.2, 0) is 0 Å². The van der Waals surface area contributed by atoms with Crippen LogP contribution >= 0.6 is 11.6 Å². The molecule has 3 rings (SSSR count). The Hall–Kier alpha value is -1.09. The van der Waals surface area contributed by atoms with Crippen molar-refractivity contribution in [3.05, 3.63) is 28.5 Å². The number of nitrogens with zero attached hydrogens (tertiary/aromatic N) is 2. The summed E-state index contributed by atoms with van der Waals surface area (Å²) in [5.74, 6) is 1.66. The van der Waals surface area contributed by atoms with Gasteiger partial charge in [-0.3, -0.25) is 4.79 Å². The third kappa shape index (κ3) is 2.83. The smallest absolute Gasteiger partial charge is 0.254 e. The fourth-order valence-corrected chi connectivity index (χ4v) is 3.97. The van der Waals surface area contributed by atoms with Gasteiger partial charge in [0.2, 0.25) is 0 Å². The molecule has 0 aromatic carbocycles. The molecule has 1 aliphatic heterocycles. The molecule has 108 valence electrons. The van der Waals surface area contributed by atoms with E-state index in [0.717, 1.165) is 31.1 Å². The first-order valence-corrected chi connectivity index (χ1v) is 7.95. The van der Waals surface area contributed by atoms with E-state index in [1.165, 1.54) is 25.7 Å². The second-order valence-corrected chi connectivity index (χ2v) is 6.55. The Morgan fingerprint density at radius 2 is 2.00 bits per heavy atom. The number of aromatic nitrogens is 1. The van der Waals surface area contributed by atoms with Crippen molar-refractivity contribution in [1.29, 1.82) is 0 Å². The quantitative estimate of drug-likeness (QED) is 0.740. The van der Waals surface area contributed by atoms with Crippen molar-refractivity contribution in [2.75, 3.05) is 13.1 Å². The molecule has 2 fully saturated rings. The van der Waals surface area contributed by atoms with Crippen molar-refractivity contribution in [3.8, 4) is 0 Å². The zero-order valence-electron chi connectivity index (χ0n) is 11.9. The number of carbonyl (C=O) groups is 1. The second-order valence-electron chi connectivity index (χ2n) is 6.16. The maximum Gasteiger partial charge on any atom is 0.254 e. The molecule has 1 saturated carbocycles. The van der Waals surface area contributed by atoms with E-state index in [4.69, 9.17) is 11.6 Å². The lowest BCUT2D eigenvalue weighted by Crippen LogP contribution is -2.44. The van der Waals surface area contributed by atoms with Gasteiger partial charge in [-0.15, -0.1) is 0 Å². The maximum absolute atomic E-state index is 12.6. The largest absolute Gasteiger partial charge is 0.338 e. The number of piperidine rings is 1. The van der Waals surface area contributed by atoms with Gasteiger partial charge < -0.3 is 4.90 Å². The van der Waals surface area contributed by atoms with Gasteiger partial charge in [0, 0.05) is 24.3 Å². The van der Waals surface area contributed by atoms with Gasteiger partial charge in [0.05, 0.1) is 0 Å². The first-order valence-electron chi connectivity index (χ1n) is 7.57. The first-order chi connectivity index (χ1) is 9.63. The minimum absolute atomic E-state index is 0.112. The van der Waals surface area contributed by atoms with E-state index in [1.54, 1.807) is 6.07 Å². The van der Waals surface area contributed by atoms with Crippen molar-refractivity contribution in [1.82, 2.24) is 9.88 Å². The summed E-state index contributed by atoms with van der Waals surface area (Å²) in [7, 11) is 0. The van der Waals surface area contributed by atoms with E-state index < -0.39 is 0 Å². The van der Waals surface area contributed by atoms with Gasteiger partial charge in [0.25, 0.3) is 5.91 Å². The second kappa shape index (κ2) is 5.72. The lowest BCUT2D eigenvalue weighted by atomic mass is 9.75. The zero-order valence-corrected chi connectivity index (χ0v) is 12.7. The van der Waals surface area contributed by atoms with Crippen LogP contribution < -0.4 is 0 Å². The summed E-state index contributed by atoms with van der Waals surface area (Å²) in [5.41, 5.74) is 1.48. The molecule has 2 heterocycles. The molecular weight excluding hydrogens is 272 g/mol. The third-order valence-corrected chi connectivity index (χ3v) is 4.94. The number of amides is 1. The molecule has 2 aliphatic rings. The summed E-state index contributed by atoms with van der Waals surface area (Å²) < 4.78 is 0. The normalized spacial score (nSPS) is 26.2. The van der Waals surface area contributed by atoms with Crippen LogP contribution in [0, 0.1) is 18.8 Å². The minimum atomic E-state index is 0.112. The average molecular weight is 293 g/mol. The van der Waals surface area contributed by atoms with Crippen LogP contribution in [0.1, 0.15) is 48.2 Å². The molecule has 0 spiro atoms. The molecule has 20 heavy (non-hydrogen) atoms. The van der Waals surface area contributed by atoms with E-state index in [1.807, 2.05) is 17.9 Å². The van der Waals surface area contributed by atoms with Gasteiger partial charge in [-0.1, -0.05) is 30.9 Å².